The number of carboxylic acids is 1. The predicted octanol–water partition coefficient (Wildman–Crippen LogP) is 2.45. The van der Waals surface area contributed by atoms with Crippen molar-refractivity contribution in [1.82, 2.24) is 15.5 Å². The van der Waals surface area contributed by atoms with E-state index in [9.17, 15) is 19.5 Å². The molecule has 0 bridgehead atoms. The van der Waals surface area contributed by atoms with E-state index < -0.39 is 30.1 Å². The third-order valence-electron chi connectivity index (χ3n) is 5.96. The Balaban J connectivity index is 1.65. The van der Waals surface area contributed by atoms with E-state index in [4.69, 9.17) is 9.47 Å². The minimum absolute atomic E-state index is 0.106. The van der Waals surface area contributed by atoms with Crippen LogP contribution in [-0.2, 0) is 19.1 Å². The minimum atomic E-state index is -1.15. The summed E-state index contributed by atoms with van der Waals surface area (Å²) in [5.41, 5.74) is 4.41. The summed E-state index contributed by atoms with van der Waals surface area (Å²) in [6.45, 7) is 0.637. The van der Waals surface area contributed by atoms with Crippen LogP contribution in [0.5, 0.6) is 0 Å². The van der Waals surface area contributed by atoms with Crippen molar-refractivity contribution in [2.75, 3.05) is 41.0 Å². The summed E-state index contributed by atoms with van der Waals surface area (Å²) in [5, 5.41) is 14.6. The molecule has 2 amide bonds. The molecular weight excluding hydrogens is 450 g/mol. The highest BCUT2D eigenvalue weighted by molar-refractivity contribution is 5.89. The molecule has 1 aliphatic rings. The van der Waals surface area contributed by atoms with Gasteiger partial charge in [0.15, 0.2) is 0 Å². The normalized spacial score (nSPS) is 14.1. The number of alkyl carbamates (subject to hydrolysis) is 1. The molecule has 0 saturated heterocycles. The number of nitrogens with zero attached hydrogens (tertiary/aromatic N) is 1. The zero-order valence-corrected chi connectivity index (χ0v) is 20.3. The zero-order valence-electron chi connectivity index (χ0n) is 20.3. The molecule has 9 heteroatoms. The van der Waals surface area contributed by atoms with Crippen LogP contribution in [0.4, 0.5) is 4.79 Å². The highest BCUT2D eigenvalue weighted by Gasteiger charge is 2.30. The lowest BCUT2D eigenvalue weighted by Gasteiger charge is -2.23. The van der Waals surface area contributed by atoms with Crippen molar-refractivity contribution in [3.8, 4) is 11.1 Å². The van der Waals surface area contributed by atoms with Gasteiger partial charge in [-0.05, 0) is 49.2 Å². The zero-order chi connectivity index (χ0) is 25.4. The largest absolute Gasteiger partial charge is 0.480 e. The van der Waals surface area contributed by atoms with E-state index in [1.807, 2.05) is 36.4 Å². The molecule has 3 rings (SSSR count). The average molecular weight is 484 g/mol. The fraction of sp³-hybridized carbons (Fsp3) is 0.423. The Morgan fingerprint density at radius 2 is 1.57 bits per heavy atom. The van der Waals surface area contributed by atoms with Gasteiger partial charge in [0.1, 0.15) is 18.7 Å². The van der Waals surface area contributed by atoms with Crippen LogP contribution in [0.25, 0.3) is 11.1 Å². The molecule has 0 fully saturated rings. The Hall–Kier alpha value is -3.43. The first kappa shape index (κ1) is 26.2. The molecule has 1 unspecified atom stereocenters. The molecule has 0 radical (unpaired) electrons. The van der Waals surface area contributed by atoms with Gasteiger partial charge >= 0.3 is 12.1 Å². The van der Waals surface area contributed by atoms with Crippen LogP contribution in [0.15, 0.2) is 48.5 Å². The fourth-order valence-electron chi connectivity index (χ4n) is 4.31. The number of aliphatic carboxylic acids is 1. The number of hydrogen-bond donors (Lipinski definition) is 3. The van der Waals surface area contributed by atoms with Crippen LogP contribution in [0.3, 0.4) is 0 Å². The fourth-order valence-corrected chi connectivity index (χ4v) is 4.31. The van der Waals surface area contributed by atoms with Gasteiger partial charge in [0.2, 0.25) is 5.91 Å². The first-order valence-corrected chi connectivity index (χ1v) is 11.6. The topological polar surface area (TPSA) is 117 Å². The van der Waals surface area contributed by atoms with Crippen molar-refractivity contribution in [3.05, 3.63) is 59.7 Å². The van der Waals surface area contributed by atoms with Crippen molar-refractivity contribution in [2.24, 2.45) is 0 Å². The van der Waals surface area contributed by atoms with Crippen molar-refractivity contribution in [2.45, 2.75) is 30.8 Å². The molecule has 0 spiro atoms. The van der Waals surface area contributed by atoms with Gasteiger partial charge in [-0.3, -0.25) is 4.79 Å². The van der Waals surface area contributed by atoms with Crippen LogP contribution in [0.1, 0.15) is 29.9 Å². The Morgan fingerprint density at radius 1 is 0.971 bits per heavy atom. The first-order valence-electron chi connectivity index (χ1n) is 11.6. The highest BCUT2D eigenvalue weighted by Crippen LogP contribution is 2.44. The second-order valence-corrected chi connectivity index (χ2v) is 8.82. The molecule has 3 N–H and O–H groups in total. The number of hydrogen-bond acceptors (Lipinski definition) is 6. The smallest absolute Gasteiger partial charge is 0.407 e. The van der Waals surface area contributed by atoms with Gasteiger partial charge in [0.05, 0.1) is 0 Å². The summed E-state index contributed by atoms with van der Waals surface area (Å²) < 4.78 is 10.6. The lowest BCUT2D eigenvalue weighted by molar-refractivity contribution is -0.142. The molecule has 35 heavy (non-hydrogen) atoms. The van der Waals surface area contributed by atoms with Gasteiger partial charge in [-0.15, -0.1) is 0 Å². The van der Waals surface area contributed by atoms with Crippen LogP contribution >= 0.6 is 0 Å². The molecule has 0 aliphatic heterocycles. The molecule has 1 aliphatic carbocycles. The summed E-state index contributed by atoms with van der Waals surface area (Å²) in [6.07, 6.45) is 0.0471. The number of carbonyl (C=O) groups excluding carboxylic acids is 2. The SMILES string of the molecule is COCCCC(NC(=O)OCC1c2ccccc2-c2ccccc21)C(=O)N[C@@H](CN(C)C)C(=O)O. The van der Waals surface area contributed by atoms with Gasteiger partial charge in [0.25, 0.3) is 0 Å². The number of methoxy groups -OCH3 is 1. The third-order valence-corrected chi connectivity index (χ3v) is 5.96. The van der Waals surface area contributed by atoms with Gasteiger partial charge in [0, 0.05) is 26.2 Å². The maximum atomic E-state index is 12.9. The van der Waals surface area contributed by atoms with E-state index in [2.05, 4.69) is 22.8 Å². The van der Waals surface area contributed by atoms with E-state index in [1.54, 1.807) is 26.1 Å². The van der Waals surface area contributed by atoms with Gasteiger partial charge < -0.3 is 30.1 Å². The number of amides is 2. The summed E-state index contributed by atoms with van der Waals surface area (Å²) in [6, 6.07) is 14.0. The van der Waals surface area contributed by atoms with E-state index in [0.717, 1.165) is 22.3 Å². The second kappa shape index (κ2) is 12.3. The van der Waals surface area contributed by atoms with Crippen molar-refractivity contribution < 1.29 is 29.0 Å². The Bertz CT molecular complexity index is 996. The number of carbonyl (C=O) groups is 3. The Kier molecular flexibility index (Phi) is 9.22. The predicted molar refractivity (Wildman–Crippen MR) is 131 cm³/mol. The van der Waals surface area contributed by atoms with E-state index in [-0.39, 0.29) is 25.5 Å². The number of fused-ring (bicyclic) bond motifs is 3. The molecule has 2 aromatic carbocycles. The minimum Gasteiger partial charge on any atom is -0.480 e. The quantitative estimate of drug-likeness (QED) is 0.397. The third kappa shape index (κ3) is 6.80. The summed E-state index contributed by atoms with van der Waals surface area (Å²) in [7, 11) is 4.98. The summed E-state index contributed by atoms with van der Waals surface area (Å²) >= 11 is 0. The number of benzene rings is 2. The number of ether oxygens (including phenoxy) is 2. The molecule has 0 heterocycles. The number of likely N-dealkylation sites (N-methyl/N-ethyl adjacent to an activating group) is 1. The number of rotatable bonds is 12. The van der Waals surface area contributed by atoms with Crippen molar-refractivity contribution in [3.63, 3.8) is 0 Å². The lowest BCUT2D eigenvalue weighted by atomic mass is 9.98. The summed E-state index contributed by atoms with van der Waals surface area (Å²) in [5.74, 6) is -1.84. The molecule has 188 valence electrons. The monoisotopic (exact) mass is 483 g/mol. The Labute approximate surface area is 205 Å². The van der Waals surface area contributed by atoms with E-state index in [1.165, 1.54) is 0 Å². The summed E-state index contributed by atoms with van der Waals surface area (Å²) in [4.78, 5) is 38.8. The van der Waals surface area contributed by atoms with Crippen molar-refractivity contribution >= 4 is 18.0 Å². The standard InChI is InChI=1S/C26H33N3O6/c1-29(2)15-23(25(31)32)27-24(30)22(13-8-14-34-3)28-26(33)35-16-21-19-11-6-4-9-17(19)18-10-5-7-12-20(18)21/h4-7,9-12,21-23H,8,13-16H2,1-3H3,(H,27,30)(H,28,33)(H,31,32)/t22?,23-/m0/s1. The molecule has 9 nitrogen and oxygen atoms in total. The average Bonchev–Trinajstić information content (AvgIpc) is 3.15. The Morgan fingerprint density at radius 3 is 2.11 bits per heavy atom. The van der Waals surface area contributed by atoms with Crippen LogP contribution < -0.4 is 10.6 Å². The second-order valence-electron chi connectivity index (χ2n) is 8.82. The molecule has 0 saturated carbocycles. The molecule has 2 aromatic rings. The molecule has 0 aromatic heterocycles. The van der Waals surface area contributed by atoms with Crippen LogP contribution in [0.2, 0.25) is 0 Å². The number of carboxylic acid groups (broad SMARTS) is 1. The van der Waals surface area contributed by atoms with Gasteiger partial charge in [-0.25, -0.2) is 9.59 Å². The van der Waals surface area contributed by atoms with Gasteiger partial charge in [-0.1, -0.05) is 48.5 Å². The first-order chi connectivity index (χ1) is 16.8. The van der Waals surface area contributed by atoms with Crippen LogP contribution in [0, 0.1) is 0 Å². The molecular formula is C26H33N3O6. The number of nitrogens with one attached hydrogen (secondary N) is 2. The molecule has 2 atom stereocenters. The van der Waals surface area contributed by atoms with Gasteiger partial charge in [-0.2, -0.15) is 0 Å². The maximum Gasteiger partial charge on any atom is 0.407 e. The van der Waals surface area contributed by atoms with Crippen molar-refractivity contribution in [1.29, 1.82) is 0 Å². The maximum absolute atomic E-state index is 12.9. The van der Waals surface area contributed by atoms with E-state index in [0.29, 0.717) is 13.0 Å². The highest BCUT2D eigenvalue weighted by atomic mass is 16.5. The lowest BCUT2D eigenvalue weighted by Crippen LogP contribution is -2.54. The van der Waals surface area contributed by atoms with E-state index >= 15 is 0 Å². The van der Waals surface area contributed by atoms with Crippen LogP contribution in [-0.4, -0.2) is 81.0 Å².